The molecular weight excluding hydrogens is 460 g/mol. The maximum absolute atomic E-state index is 12.8. The highest BCUT2D eigenvalue weighted by Crippen LogP contribution is 2.22. The van der Waals surface area contributed by atoms with E-state index >= 15 is 0 Å². The number of ether oxygens (including phenoxy) is 1. The zero-order chi connectivity index (χ0) is 24.0. The Bertz CT molecular complexity index is 1260. The number of nitrogens with one attached hydrogen (secondary N) is 1. The van der Waals surface area contributed by atoms with Crippen molar-refractivity contribution in [3.63, 3.8) is 0 Å². The normalized spacial score (nSPS) is 14.5. The van der Waals surface area contributed by atoms with Gasteiger partial charge in [-0.15, -0.1) is 10.2 Å². The van der Waals surface area contributed by atoms with E-state index in [9.17, 15) is 18.0 Å². The molecule has 0 saturated carbocycles. The van der Waals surface area contributed by atoms with Crippen molar-refractivity contribution < 1.29 is 22.7 Å². The third-order valence-electron chi connectivity index (χ3n) is 5.19. The number of benzene rings is 2. The minimum atomic E-state index is -3.62. The summed E-state index contributed by atoms with van der Waals surface area (Å²) in [5.74, 6) is -0.948. The van der Waals surface area contributed by atoms with Crippen LogP contribution in [0.1, 0.15) is 19.3 Å². The van der Waals surface area contributed by atoms with E-state index in [0.29, 0.717) is 24.6 Å². The number of carbonyl (C=O) groups excluding carboxylic acids is 2. The van der Waals surface area contributed by atoms with E-state index in [0.717, 1.165) is 29.6 Å². The number of hydrogen-bond donors (Lipinski definition) is 1. The predicted molar refractivity (Wildman–Crippen MR) is 122 cm³/mol. The van der Waals surface area contributed by atoms with Gasteiger partial charge in [-0.05, 0) is 36.3 Å². The molecule has 1 N–H and O–H groups in total. The molecule has 0 radical (unpaired) electrons. The Labute approximate surface area is 196 Å². The van der Waals surface area contributed by atoms with Gasteiger partial charge in [-0.2, -0.15) is 9.10 Å². The number of sulfonamides is 1. The molecule has 12 heteroatoms. The zero-order valence-corrected chi connectivity index (χ0v) is 19.1. The lowest BCUT2D eigenvalue weighted by Gasteiger charge is -2.26. The molecule has 2 heterocycles. The number of aromatic nitrogens is 4. The third-order valence-corrected chi connectivity index (χ3v) is 7.08. The topological polar surface area (TPSA) is 136 Å². The number of anilines is 1. The highest BCUT2D eigenvalue weighted by Gasteiger charge is 2.26. The van der Waals surface area contributed by atoms with Gasteiger partial charge in [-0.25, -0.2) is 13.2 Å². The average molecular weight is 485 g/mol. The van der Waals surface area contributed by atoms with Crippen LogP contribution in [0.15, 0.2) is 59.5 Å². The van der Waals surface area contributed by atoms with Crippen LogP contribution in [-0.2, 0) is 30.9 Å². The van der Waals surface area contributed by atoms with Crippen molar-refractivity contribution in [2.45, 2.75) is 30.7 Å². The van der Waals surface area contributed by atoms with Crippen molar-refractivity contribution in [2.75, 3.05) is 25.0 Å². The molecule has 0 atom stereocenters. The van der Waals surface area contributed by atoms with Crippen LogP contribution >= 0.6 is 0 Å². The molecule has 0 unspecified atom stereocenters. The fourth-order valence-electron chi connectivity index (χ4n) is 3.51. The van der Waals surface area contributed by atoms with Crippen LogP contribution in [0, 0.1) is 0 Å². The van der Waals surface area contributed by atoms with Crippen molar-refractivity contribution >= 4 is 27.6 Å². The second kappa shape index (κ2) is 10.5. The minimum Gasteiger partial charge on any atom is -0.454 e. The highest BCUT2D eigenvalue weighted by atomic mass is 32.2. The van der Waals surface area contributed by atoms with Crippen LogP contribution in [-0.4, -0.2) is 64.5 Å². The summed E-state index contributed by atoms with van der Waals surface area (Å²) in [5.41, 5.74) is 1.05. The Morgan fingerprint density at radius 2 is 1.76 bits per heavy atom. The first-order valence-electron chi connectivity index (χ1n) is 10.8. The van der Waals surface area contributed by atoms with Gasteiger partial charge in [0.25, 0.3) is 5.91 Å². The van der Waals surface area contributed by atoms with Crippen LogP contribution in [0.25, 0.3) is 11.4 Å². The van der Waals surface area contributed by atoms with Crippen LogP contribution in [0.3, 0.4) is 0 Å². The Hall–Kier alpha value is -3.64. The van der Waals surface area contributed by atoms with Crippen LogP contribution in [0.5, 0.6) is 0 Å². The van der Waals surface area contributed by atoms with E-state index in [2.05, 4.69) is 20.7 Å². The fraction of sp³-hybridized carbons (Fsp3) is 0.318. The lowest BCUT2D eigenvalue weighted by atomic mass is 10.2. The minimum absolute atomic E-state index is 0.107. The molecule has 1 amide bonds. The van der Waals surface area contributed by atoms with Crippen LogP contribution < -0.4 is 5.32 Å². The highest BCUT2D eigenvalue weighted by molar-refractivity contribution is 7.89. The second-order valence-corrected chi connectivity index (χ2v) is 9.65. The molecule has 1 aromatic heterocycles. The Balaban J connectivity index is 1.29. The molecule has 1 aliphatic heterocycles. The quantitative estimate of drug-likeness (QED) is 0.477. The van der Waals surface area contributed by atoms with Crippen molar-refractivity contribution in [3.8, 4) is 11.4 Å². The molecular formula is C22H24N6O5S. The smallest absolute Gasteiger partial charge is 0.330 e. The Kier molecular flexibility index (Phi) is 7.28. The van der Waals surface area contributed by atoms with E-state index < -0.39 is 28.5 Å². The molecule has 0 bridgehead atoms. The standard InChI is InChI=1S/C22H24N6O5S/c29-20(16-33-21(30)15-28-25-22(24-26-28)17-8-3-1-4-9-17)23-18-10-7-11-19(14-18)34(31,32)27-12-5-2-6-13-27/h1,3-4,7-11,14H,2,5-6,12-13,15-16H2,(H,23,29). The summed E-state index contributed by atoms with van der Waals surface area (Å²) < 4.78 is 32.1. The summed E-state index contributed by atoms with van der Waals surface area (Å²) in [6.45, 7) is 0.129. The van der Waals surface area contributed by atoms with Gasteiger partial charge in [0.2, 0.25) is 15.8 Å². The fourth-order valence-corrected chi connectivity index (χ4v) is 5.07. The van der Waals surface area contributed by atoms with Crippen molar-refractivity contribution in [1.29, 1.82) is 0 Å². The molecule has 1 saturated heterocycles. The summed E-state index contributed by atoms with van der Waals surface area (Å²) in [4.78, 5) is 25.5. The number of hydrogen-bond acceptors (Lipinski definition) is 8. The van der Waals surface area contributed by atoms with Gasteiger partial charge in [0.05, 0.1) is 4.90 Å². The van der Waals surface area contributed by atoms with Gasteiger partial charge in [0, 0.05) is 24.3 Å². The number of esters is 1. The van der Waals surface area contributed by atoms with Gasteiger partial charge >= 0.3 is 5.97 Å². The van der Waals surface area contributed by atoms with Gasteiger partial charge in [-0.3, -0.25) is 4.79 Å². The molecule has 0 aliphatic carbocycles. The predicted octanol–water partition coefficient (Wildman–Crippen LogP) is 1.70. The second-order valence-electron chi connectivity index (χ2n) is 7.71. The third kappa shape index (κ3) is 5.83. The molecule has 1 fully saturated rings. The first-order valence-corrected chi connectivity index (χ1v) is 12.2. The van der Waals surface area contributed by atoms with Crippen LogP contribution in [0.2, 0.25) is 0 Å². The Morgan fingerprint density at radius 3 is 2.53 bits per heavy atom. The summed E-state index contributed by atoms with van der Waals surface area (Å²) >= 11 is 0. The first kappa shape index (κ1) is 23.5. The van der Waals surface area contributed by atoms with Crippen molar-refractivity contribution in [2.24, 2.45) is 0 Å². The largest absolute Gasteiger partial charge is 0.454 e. The van der Waals surface area contributed by atoms with Gasteiger partial charge in [-0.1, -0.05) is 42.8 Å². The van der Waals surface area contributed by atoms with Gasteiger partial charge in [0.15, 0.2) is 13.2 Å². The van der Waals surface area contributed by atoms with Crippen molar-refractivity contribution in [1.82, 2.24) is 24.5 Å². The van der Waals surface area contributed by atoms with E-state index in [4.69, 9.17) is 4.74 Å². The summed E-state index contributed by atoms with van der Waals surface area (Å²) in [6, 6.07) is 15.2. The summed E-state index contributed by atoms with van der Waals surface area (Å²) in [7, 11) is -3.62. The monoisotopic (exact) mass is 484 g/mol. The molecule has 11 nitrogen and oxygen atoms in total. The van der Waals surface area contributed by atoms with Crippen LogP contribution in [0.4, 0.5) is 5.69 Å². The number of piperidine rings is 1. The molecule has 0 spiro atoms. The summed E-state index contributed by atoms with van der Waals surface area (Å²) in [5, 5.41) is 14.4. The molecule has 178 valence electrons. The molecule has 2 aromatic carbocycles. The lowest BCUT2D eigenvalue weighted by molar-refractivity contribution is -0.148. The maximum atomic E-state index is 12.8. The van der Waals surface area contributed by atoms with Crippen molar-refractivity contribution in [3.05, 3.63) is 54.6 Å². The number of rotatable bonds is 8. The SMILES string of the molecule is O=C(COC(=O)Cn1nnc(-c2ccccc2)n1)Nc1cccc(S(=O)(=O)N2CCCCC2)c1. The molecule has 1 aliphatic rings. The number of carbonyl (C=O) groups is 2. The van der Waals surface area contributed by atoms with Gasteiger partial charge < -0.3 is 10.1 Å². The first-order chi connectivity index (χ1) is 16.4. The average Bonchev–Trinajstić information content (AvgIpc) is 3.32. The Morgan fingerprint density at radius 1 is 1.00 bits per heavy atom. The molecule has 3 aromatic rings. The zero-order valence-electron chi connectivity index (χ0n) is 18.3. The van der Waals surface area contributed by atoms with E-state index in [1.54, 1.807) is 12.1 Å². The number of amides is 1. The summed E-state index contributed by atoms with van der Waals surface area (Å²) in [6.07, 6.45) is 2.68. The number of nitrogens with zero attached hydrogens (tertiary/aromatic N) is 5. The number of tetrazole rings is 1. The van der Waals surface area contributed by atoms with Gasteiger partial charge in [0.1, 0.15) is 0 Å². The van der Waals surface area contributed by atoms with E-state index in [-0.39, 0.29) is 11.4 Å². The van der Waals surface area contributed by atoms with E-state index in [1.165, 1.54) is 16.4 Å². The maximum Gasteiger partial charge on any atom is 0.330 e. The molecule has 34 heavy (non-hydrogen) atoms. The lowest BCUT2D eigenvalue weighted by Crippen LogP contribution is -2.35. The van der Waals surface area contributed by atoms with E-state index in [1.807, 2.05) is 30.3 Å². The molecule has 4 rings (SSSR count).